The van der Waals surface area contributed by atoms with E-state index in [1.54, 1.807) is 30.3 Å². The van der Waals surface area contributed by atoms with E-state index >= 15 is 0 Å². The first-order chi connectivity index (χ1) is 16.2. The number of nitrogens with zero attached hydrogens (tertiary/aromatic N) is 2. The molecule has 4 rings (SSSR count). The number of halogens is 3. The van der Waals surface area contributed by atoms with Crippen molar-refractivity contribution >= 4 is 31.6 Å². The highest BCUT2D eigenvalue weighted by molar-refractivity contribution is 9.10. The Kier molecular flexibility index (Phi) is 7.08. The van der Waals surface area contributed by atoms with Gasteiger partial charge in [0.15, 0.2) is 11.6 Å². The molecule has 7 nitrogen and oxygen atoms in total. The second-order valence-electron chi connectivity index (χ2n) is 7.45. The van der Waals surface area contributed by atoms with E-state index in [0.717, 1.165) is 16.0 Å². The van der Waals surface area contributed by atoms with Crippen LogP contribution in [0.15, 0.2) is 64.0 Å². The topological polar surface area (TPSA) is 68.3 Å². The van der Waals surface area contributed by atoms with Crippen LogP contribution in [0.25, 0.3) is 0 Å². The molecular weight excluding hydrogens is 534 g/mol. The minimum Gasteiger partial charge on any atom is -0.497 e. The summed E-state index contributed by atoms with van der Waals surface area (Å²) >= 11 is 3.06. The summed E-state index contributed by atoms with van der Waals surface area (Å²) in [6.45, 7) is 1.78. The normalized spacial score (nSPS) is 13.7. The summed E-state index contributed by atoms with van der Waals surface area (Å²) < 4.78 is 66.1. The van der Waals surface area contributed by atoms with E-state index in [1.807, 2.05) is 6.92 Å². The molecule has 34 heavy (non-hydrogen) atoms. The smallest absolute Gasteiger partial charge is 0.279 e. The lowest BCUT2D eigenvalue weighted by atomic mass is 10.2. The molecule has 180 valence electrons. The van der Waals surface area contributed by atoms with Crippen molar-refractivity contribution < 1.29 is 31.5 Å². The van der Waals surface area contributed by atoms with Crippen molar-refractivity contribution in [3.05, 3.63) is 81.8 Å². The molecule has 1 heterocycles. The minimum atomic E-state index is -4.00. The van der Waals surface area contributed by atoms with Gasteiger partial charge in [0.2, 0.25) is 0 Å². The molecule has 11 heteroatoms. The first-order valence-corrected chi connectivity index (χ1v) is 12.4. The number of fused-ring (bicyclic) bond motifs is 1. The summed E-state index contributed by atoms with van der Waals surface area (Å²) in [5.41, 5.74) is 2.04. The fourth-order valence-corrected chi connectivity index (χ4v) is 5.43. The number of methoxy groups -OCH3 is 1. The van der Waals surface area contributed by atoms with E-state index in [1.165, 1.54) is 24.4 Å². The summed E-state index contributed by atoms with van der Waals surface area (Å²) in [6.07, 6.45) is 0. The van der Waals surface area contributed by atoms with Crippen LogP contribution in [-0.2, 0) is 21.4 Å². The molecule has 0 atom stereocenters. The van der Waals surface area contributed by atoms with Crippen LogP contribution in [-0.4, -0.2) is 33.9 Å². The van der Waals surface area contributed by atoms with Gasteiger partial charge >= 0.3 is 0 Å². The molecule has 0 saturated carbocycles. The van der Waals surface area contributed by atoms with Crippen molar-refractivity contribution in [3.8, 4) is 11.5 Å². The highest BCUT2D eigenvalue weighted by atomic mass is 79.9. The van der Waals surface area contributed by atoms with Gasteiger partial charge in [0.05, 0.1) is 28.7 Å². The van der Waals surface area contributed by atoms with Gasteiger partial charge in [0.1, 0.15) is 24.8 Å². The van der Waals surface area contributed by atoms with Crippen LogP contribution in [0.5, 0.6) is 11.5 Å². The number of hydrazine groups is 1. The summed E-state index contributed by atoms with van der Waals surface area (Å²) in [4.78, 5) is 5.83. The fourth-order valence-electron chi connectivity index (χ4n) is 3.44. The molecule has 1 aliphatic rings. The van der Waals surface area contributed by atoms with Crippen LogP contribution in [0.1, 0.15) is 11.1 Å². The molecule has 0 radical (unpaired) electrons. The zero-order chi connectivity index (χ0) is 24.5. The third-order valence-electron chi connectivity index (χ3n) is 5.08. The number of rotatable bonds is 8. The molecule has 0 fully saturated rings. The zero-order valence-corrected chi connectivity index (χ0v) is 20.7. The average Bonchev–Trinajstić information content (AvgIpc) is 3.16. The minimum absolute atomic E-state index is 0.101. The summed E-state index contributed by atoms with van der Waals surface area (Å²) in [5, 5.41) is 1.21. The van der Waals surface area contributed by atoms with E-state index in [0.29, 0.717) is 23.1 Å². The maximum absolute atomic E-state index is 14.0. The van der Waals surface area contributed by atoms with E-state index in [2.05, 4.69) is 15.9 Å². The second-order valence-corrected chi connectivity index (χ2v) is 10.1. The molecule has 0 N–H and O–H groups in total. The standard InChI is InChI=1S/C23H21BrF2N2O5S/c1-15-3-6-19(7-4-15)34(29,30)28-22-8-5-18(31-2)11-16(22)14-27(28)33-10-9-32-23-20(24)12-17(25)13-21(23)26/h3-8,11-13H,9-10,14H2,1-2H3. The third-order valence-corrected chi connectivity index (χ3v) is 7.37. The van der Waals surface area contributed by atoms with Crippen molar-refractivity contribution in [2.45, 2.75) is 18.4 Å². The Morgan fingerprint density at radius 2 is 1.76 bits per heavy atom. The van der Waals surface area contributed by atoms with E-state index in [-0.39, 0.29) is 34.9 Å². The van der Waals surface area contributed by atoms with Crippen LogP contribution in [0.4, 0.5) is 14.5 Å². The Morgan fingerprint density at radius 3 is 2.44 bits per heavy atom. The Bertz CT molecular complexity index is 1280. The highest BCUT2D eigenvalue weighted by Gasteiger charge is 2.38. The van der Waals surface area contributed by atoms with Gasteiger partial charge < -0.3 is 9.47 Å². The quantitative estimate of drug-likeness (QED) is 0.366. The SMILES string of the molecule is COc1ccc2c(c1)CN(OCCOc1c(F)cc(F)cc1Br)N2S(=O)(=O)c1ccc(C)cc1. The van der Waals surface area contributed by atoms with Gasteiger partial charge in [-0.3, -0.25) is 4.84 Å². The molecule has 0 aliphatic carbocycles. The first-order valence-electron chi connectivity index (χ1n) is 10.2. The molecule has 0 bridgehead atoms. The predicted molar refractivity (Wildman–Crippen MR) is 125 cm³/mol. The first kappa shape index (κ1) is 24.4. The molecule has 0 spiro atoms. The van der Waals surface area contributed by atoms with Crippen molar-refractivity contribution in [2.24, 2.45) is 0 Å². The van der Waals surface area contributed by atoms with Gasteiger partial charge in [0, 0.05) is 11.6 Å². The molecule has 0 amide bonds. The number of aryl methyl sites for hydroxylation is 1. The number of hydroxylamine groups is 1. The lowest BCUT2D eigenvalue weighted by molar-refractivity contribution is -0.161. The van der Waals surface area contributed by atoms with Gasteiger partial charge in [-0.25, -0.2) is 8.78 Å². The lowest BCUT2D eigenvalue weighted by Gasteiger charge is -2.28. The van der Waals surface area contributed by atoms with Crippen LogP contribution in [0.2, 0.25) is 0 Å². The van der Waals surface area contributed by atoms with E-state index in [4.69, 9.17) is 14.3 Å². The van der Waals surface area contributed by atoms with Crippen LogP contribution < -0.4 is 13.9 Å². The summed E-state index contributed by atoms with van der Waals surface area (Å²) in [5.74, 6) is -1.19. The van der Waals surface area contributed by atoms with Crippen molar-refractivity contribution in [1.29, 1.82) is 0 Å². The lowest BCUT2D eigenvalue weighted by Crippen LogP contribution is -2.42. The van der Waals surface area contributed by atoms with Crippen LogP contribution in [0.3, 0.4) is 0 Å². The Morgan fingerprint density at radius 1 is 1.03 bits per heavy atom. The number of ether oxygens (including phenoxy) is 2. The average molecular weight is 555 g/mol. The maximum atomic E-state index is 14.0. The van der Waals surface area contributed by atoms with Crippen LogP contribution >= 0.6 is 15.9 Å². The fraction of sp³-hybridized carbons (Fsp3) is 0.217. The largest absolute Gasteiger partial charge is 0.497 e. The highest BCUT2D eigenvalue weighted by Crippen LogP contribution is 2.38. The van der Waals surface area contributed by atoms with Gasteiger partial charge in [-0.1, -0.05) is 22.9 Å². The molecule has 3 aromatic carbocycles. The molecular formula is C23H21BrF2N2O5S. The summed E-state index contributed by atoms with van der Waals surface area (Å²) in [6, 6.07) is 13.3. The number of benzene rings is 3. The number of hydrogen-bond acceptors (Lipinski definition) is 6. The van der Waals surface area contributed by atoms with Crippen LogP contribution in [0, 0.1) is 18.6 Å². The van der Waals surface area contributed by atoms with Gasteiger partial charge in [-0.2, -0.15) is 12.8 Å². The molecule has 1 aliphatic heterocycles. The molecule has 0 aromatic heterocycles. The zero-order valence-electron chi connectivity index (χ0n) is 18.3. The Labute approximate surface area is 204 Å². The Hall–Kier alpha value is -2.73. The second kappa shape index (κ2) is 9.87. The maximum Gasteiger partial charge on any atom is 0.279 e. The number of hydrogen-bond donors (Lipinski definition) is 0. The van der Waals surface area contributed by atoms with Gasteiger partial charge in [-0.05, 0) is 59.3 Å². The predicted octanol–water partition coefficient (Wildman–Crippen LogP) is 4.98. The van der Waals surface area contributed by atoms with E-state index in [9.17, 15) is 17.2 Å². The Balaban J connectivity index is 1.55. The monoisotopic (exact) mass is 554 g/mol. The summed E-state index contributed by atoms with van der Waals surface area (Å²) in [7, 11) is -2.48. The molecule has 0 saturated heterocycles. The number of sulfonamides is 1. The van der Waals surface area contributed by atoms with Crippen molar-refractivity contribution in [3.63, 3.8) is 0 Å². The number of anilines is 1. The van der Waals surface area contributed by atoms with Gasteiger partial charge in [0.25, 0.3) is 10.0 Å². The van der Waals surface area contributed by atoms with Crippen molar-refractivity contribution in [1.82, 2.24) is 5.17 Å². The molecule has 0 unspecified atom stereocenters. The van der Waals surface area contributed by atoms with E-state index < -0.39 is 21.7 Å². The third kappa shape index (κ3) is 4.88. The van der Waals surface area contributed by atoms with Crippen molar-refractivity contribution in [2.75, 3.05) is 24.7 Å². The molecule has 3 aromatic rings. The van der Waals surface area contributed by atoms with Gasteiger partial charge in [-0.15, -0.1) is 0 Å².